The highest BCUT2D eigenvalue weighted by Gasteiger charge is 2.07. The van der Waals surface area contributed by atoms with Crippen LogP contribution in [0.25, 0.3) is 0 Å². The van der Waals surface area contributed by atoms with Crippen molar-refractivity contribution >= 4 is 39.6 Å². The maximum atomic E-state index is 11.9. The van der Waals surface area contributed by atoms with Gasteiger partial charge in [-0.25, -0.2) is 5.43 Å². The SMILES string of the molecule is C=CCOc1ccc(C=NNC(=O)CCC(=O)Nc2ccc(C)cc2)cc1Br. The Bertz CT molecular complexity index is 864. The molecule has 2 aromatic carbocycles. The lowest BCUT2D eigenvalue weighted by Crippen LogP contribution is -2.20. The molecule has 0 fully saturated rings. The van der Waals surface area contributed by atoms with Crippen LogP contribution in [0.3, 0.4) is 0 Å². The Hall–Kier alpha value is -2.93. The molecular formula is C21H22BrN3O3. The van der Waals surface area contributed by atoms with Crippen molar-refractivity contribution in [3.63, 3.8) is 0 Å². The summed E-state index contributed by atoms with van der Waals surface area (Å²) in [6.45, 7) is 5.99. The number of halogens is 1. The normalized spacial score (nSPS) is 10.5. The van der Waals surface area contributed by atoms with Crippen molar-refractivity contribution in [3.8, 4) is 5.75 Å². The molecule has 2 rings (SSSR count). The molecule has 0 radical (unpaired) electrons. The second-order valence-electron chi connectivity index (χ2n) is 6.00. The van der Waals surface area contributed by atoms with E-state index in [0.29, 0.717) is 18.0 Å². The number of nitrogens with zero attached hydrogens (tertiary/aromatic N) is 1. The molecule has 0 aliphatic carbocycles. The molecule has 0 bridgehead atoms. The second kappa shape index (κ2) is 11.0. The van der Waals surface area contributed by atoms with Gasteiger partial charge in [-0.3, -0.25) is 9.59 Å². The van der Waals surface area contributed by atoms with Gasteiger partial charge in [-0.05, 0) is 58.7 Å². The Morgan fingerprint density at radius 2 is 1.86 bits per heavy atom. The summed E-state index contributed by atoms with van der Waals surface area (Å²) in [4.78, 5) is 23.7. The number of anilines is 1. The summed E-state index contributed by atoms with van der Waals surface area (Å²) >= 11 is 3.42. The average molecular weight is 444 g/mol. The minimum atomic E-state index is -0.333. The molecule has 0 spiro atoms. The van der Waals surface area contributed by atoms with Crippen molar-refractivity contribution in [2.75, 3.05) is 11.9 Å². The number of hydrogen-bond acceptors (Lipinski definition) is 4. The first-order chi connectivity index (χ1) is 13.5. The number of carbonyl (C=O) groups is 2. The molecule has 6 nitrogen and oxygen atoms in total. The van der Waals surface area contributed by atoms with Crippen LogP contribution in [0.15, 0.2) is 64.7 Å². The topological polar surface area (TPSA) is 79.8 Å². The number of aryl methyl sites for hydroxylation is 1. The maximum absolute atomic E-state index is 11.9. The minimum Gasteiger partial charge on any atom is -0.488 e. The number of rotatable bonds is 9. The number of hydrogen-bond donors (Lipinski definition) is 2. The molecule has 0 unspecified atom stereocenters. The van der Waals surface area contributed by atoms with Crippen LogP contribution in [0.2, 0.25) is 0 Å². The van der Waals surface area contributed by atoms with Gasteiger partial charge in [0.25, 0.3) is 0 Å². The maximum Gasteiger partial charge on any atom is 0.240 e. The third-order valence-electron chi connectivity index (χ3n) is 3.63. The molecule has 2 amide bonds. The molecule has 0 aliphatic heterocycles. The van der Waals surface area contributed by atoms with Gasteiger partial charge in [-0.1, -0.05) is 30.4 Å². The fraction of sp³-hybridized carbons (Fsp3) is 0.190. The molecule has 0 aliphatic rings. The molecular weight excluding hydrogens is 422 g/mol. The van der Waals surface area contributed by atoms with Crippen LogP contribution in [0.1, 0.15) is 24.0 Å². The molecule has 146 valence electrons. The van der Waals surface area contributed by atoms with E-state index in [1.165, 1.54) is 6.21 Å². The summed E-state index contributed by atoms with van der Waals surface area (Å²) in [6.07, 6.45) is 3.31. The zero-order chi connectivity index (χ0) is 20.4. The number of benzene rings is 2. The molecule has 0 heterocycles. The van der Waals surface area contributed by atoms with E-state index in [1.807, 2.05) is 43.3 Å². The highest BCUT2D eigenvalue weighted by atomic mass is 79.9. The average Bonchev–Trinajstić information content (AvgIpc) is 2.67. The molecule has 0 saturated carbocycles. The number of carbonyl (C=O) groups excluding carboxylic acids is 2. The number of hydrazone groups is 1. The summed E-state index contributed by atoms with van der Waals surface area (Å²) in [5, 5.41) is 6.66. The van der Waals surface area contributed by atoms with E-state index < -0.39 is 0 Å². The third kappa shape index (κ3) is 7.36. The zero-order valence-corrected chi connectivity index (χ0v) is 17.2. The van der Waals surface area contributed by atoms with E-state index >= 15 is 0 Å². The van der Waals surface area contributed by atoms with Crippen LogP contribution in [-0.2, 0) is 9.59 Å². The van der Waals surface area contributed by atoms with Crippen molar-refractivity contribution in [2.45, 2.75) is 19.8 Å². The van der Waals surface area contributed by atoms with Crippen molar-refractivity contribution in [1.82, 2.24) is 5.43 Å². The van der Waals surface area contributed by atoms with E-state index in [2.05, 4.69) is 38.4 Å². The Morgan fingerprint density at radius 3 is 2.54 bits per heavy atom. The lowest BCUT2D eigenvalue weighted by atomic mass is 10.2. The summed E-state index contributed by atoms with van der Waals surface area (Å²) < 4.78 is 6.24. The lowest BCUT2D eigenvalue weighted by molar-refractivity contribution is -0.124. The van der Waals surface area contributed by atoms with Gasteiger partial charge in [0.2, 0.25) is 11.8 Å². The van der Waals surface area contributed by atoms with Gasteiger partial charge in [0.15, 0.2) is 0 Å². The van der Waals surface area contributed by atoms with Crippen LogP contribution < -0.4 is 15.5 Å². The molecule has 0 atom stereocenters. The Balaban J connectivity index is 1.75. The van der Waals surface area contributed by atoms with Crippen LogP contribution in [0, 0.1) is 6.92 Å². The van der Waals surface area contributed by atoms with E-state index in [-0.39, 0.29) is 24.7 Å². The Kier molecular flexibility index (Phi) is 8.42. The Morgan fingerprint density at radius 1 is 1.14 bits per heavy atom. The van der Waals surface area contributed by atoms with Crippen LogP contribution >= 0.6 is 15.9 Å². The number of amides is 2. The first kappa shape index (κ1) is 21.4. The monoisotopic (exact) mass is 443 g/mol. The van der Waals surface area contributed by atoms with Crippen LogP contribution in [0.5, 0.6) is 5.75 Å². The van der Waals surface area contributed by atoms with Gasteiger partial charge in [-0.15, -0.1) is 0 Å². The quantitative estimate of drug-likeness (QED) is 0.346. The largest absolute Gasteiger partial charge is 0.488 e. The number of ether oxygens (including phenoxy) is 1. The van der Waals surface area contributed by atoms with Crippen molar-refractivity contribution in [3.05, 3.63) is 70.7 Å². The van der Waals surface area contributed by atoms with Gasteiger partial charge in [0, 0.05) is 18.5 Å². The standard InChI is InChI=1S/C21H22BrN3O3/c1-3-12-28-19-9-6-16(13-18(19)22)14-23-25-21(27)11-10-20(26)24-17-7-4-15(2)5-8-17/h3-9,13-14H,1,10-12H2,2H3,(H,24,26)(H,25,27). The predicted molar refractivity (Wildman–Crippen MR) is 115 cm³/mol. The summed E-state index contributed by atoms with van der Waals surface area (Å²) in [5.41, 5.74) is 5.02. The van der Waals surface area contributed by atoms with Gasteiger partial charge in [0.1, 0.15) is 12.4 Å². The van der Waals surface area contributed by atoms with E-state index in [0.717, 1.165) is 15.6 Å². The van der Waals surface area contributed by atoms with Gasteiger partial charge in [-0.2, -0.15) is 5.10 Å². The molecule has 28 heavy (non-hydrogen) atoms. The Labute approximate surface area is 172 Å². The third-order valence-corrected chi connectivity index (χ3v) is 4.25. The molecule has 7 heteroatoms. The predicted octanol–water partition coefficient (Wildman–Crippen LogP) is 4.19. The van der Waals surface area contributed by atoms with Crippen molar-refractivity contribution in [2.24, 2.45) is 5.10 Å². The zero-order valence-electron chi connectivity index (χ0n) is 15.6. The van der Waals surface area contributed by atoms with E-state index in [9.17, 15) is 9.59 Å². The highest BCUT2D eigenvalue weighted by Crippen LogP contribution is 2.25. The van der Waals surface area contributed by atoms with Crippen molar-refractivity contribution < 1.29 is 14.3 Å². The summed E-state index contributed by atoms with van der Waals surface area (Å²) in [6, 6.07) is 12.9. The van der Waals surface area contributed by atoms with Crippen LogP contribution in [0.4, 0.5) is 5.69 Å². The fourth-order valence-corrected chi connectivity index (χ4v) is 2.70. The van der Waals surface area contributed by atoms with Gasteiger partial charge < -0.3 is 10.1 Å². The minimum absolute atomic E-state index is 0.0487. The summed E-state index contributed by atoms with van der Waals surface area (Å²) in [5.74, 6) is 0.142. The fourth-order valence-electron chi connectivity index (χ4n) is 2.19. The van der Waals surface area contributed by atoms with E-state index in [1.54, 1.807) is 12.1 Å². The summed E-state index contributed by atoms with van der Waals surface area (Å²) in [7, 11) is 0. The highest BCUT2D eigenvalue weighted by molar-refractivity contribution is 9.10. The van der Waals surface area contributed by atoms with Gasteiger partial charge in [0.05, 0.1) is 10.7 Å². The lowest BCUT2D eigenvalue weighted by Gasteiger charge is -2.06. The van der Waals surface area contributed by atoms with Gasteiger partial charge >= 0.3 is 0 Å². The first-order valence-corrected chi connectivity index (χ1v) is 9.49. The smallest absolute Gasteiger partial charge is 0.240 e. The molecule has 2 aromatic rings. The first-order valence-electron chi connectivity index (χ1n) is 8.69. The van der Waals surface area contributed by atoms with E-state index in [4.69, 9.17) is 4.74 Å². The van der Waals surface area contributed by atoms with Crippen LogP contribution in [-0.4, -0.2) is 24.6 Å². The molecule has 0 aromatic heterocycles. The second-order valence-corrected chi connectivity index (χ2v) is 6.85. The van der Waals surface area contributed by atoms with Crippen molar-refractivity contribution in [1.29, 1.82) is 0 Å². The molecule has 2 N–H and O–H groups in total. The number of nitrogens with one attached hydrogen (secondary N) is 2. The molecule has 0 saturated heterocycles.